The quantitative estimate of drug-likeness (QED) is 0.800. The summed E-state index contributed by atoms with van der Waals surface area (Å²) in [5.74, 6) is -0.0999. The molecule has 0 fully saturated rings. The highest BCUT2D eigenvalue weighted by Gasteiger charge is 2.17. The number of ketones is 1. The number of nitrogens with one attached hydrogen (secondary N) is 1. The van der Waals surface area contributed by atoms with Crippen molar-refractivity contribution in [2.24, 2.45) is 0 Å². The van der Waals surface area contributed by atoms with Gasteiger partial charge in [-0.15, -0.1) is 0 Å². The molecule has 120 valence electrons. The zero-order chi connectivity index (χ0) is 17.0. The predicted octanol–water partition coefficient (Wildman–Crippen LogP) is 4.60. The van der Waals surface area contributed by atoms with Crippen molar-refractivity contribution in [2.75, 3.05) is 5.32 Å². The Morgan fingerprint density at radius 3 is 2.57 bits per heavy atom. The molecule has 0 bridgehead atoms. The molecular formula is C17H15Cl2NO3. The highest BCUT2D eigenvalue weighted by molar-refractivity contribution is 6.34. The van der Waals surface area contributed by atoms with E-state index in [0.29, 0.717) is 27.0 Å². The number of halogens is 2. The van der Waals surface area contributed by atoms with E-state index in [9.17, 15) is 9.59 Å². The van der Waals surface area contributed by atoms with E-state index in [-0.39, 0.29) is 11.7 Å². The molecule has 0 aromatic heterocycles. The second-order valence-electron chi connectivity index (χ2n) is 4.96. The second-order valence-corrected chi connectivity index (χ2v) is 5.80. The number of hydrogen-bond donors (Lipinski definition) is 1. The number of carbonyl (C=O) groups is 2. The van der Waals surface area contributed by atoms with Gasteiger partial charge in [0.15, 0.2) is 11.9 Å². The molecule has 0 aliphatic carbocycles. The van der Waals surface area contributed by atoms with Crippen molar-refractivity contribution in [1.82, 2.24) is 0 Å². The molecule has 1 atom stereocenters. The third kappa shape index (κ3) is 4.71. The lowest BCUT2D eigenvalue weighted by Gasteiger charge is -2.16. The number of ether oxygens (including phenoxy) is 1. The summed E-state index contributed by atoms with van der Waals surface area (Å²) in [7, 11) is 0. The van der Waals surface area contributed by atoms with Crippen molar-refractivity contribution >= 4 is 40.6 Å². The van der Waals surface area contributed by atoms with Crippen LogP contribution in [0.2, 0.25) is 10.0 Å². The maximum absolute atomic E-state index is 12.2. The highest BCUT2D eigenvalue weighted by Crippen LogP contribution is 2.28. The van der Waals surface area contributed by atoms with Crippen LogP contribution in [0.15, 0.2) is 42.5 Å². The topological polar surface area (TPSA) is 55.4 Å². The molecule has 6 heteroatoms. The standard InChI is InChI=1S/C17H15Cl2NO3/c1-10(21)12-4-3-5-14(8-12)20-17(22)11(2)23-16-9-13(18)6-7-15(16)19/h3-9,11H,1-2H3,(H,20,22)/t11-/m0/s1. The van der Waals surface area contributed by atoms with Crippen LogP contribution in [0.1, 0.15) is 24.2 Å². The summed E-state index contributed by atoms with van der Waals surface area (Å²) >= 11 is 11.9. The van der Waals surface area contributed by atoms with Crippen molar-refractivity contribution in [3.05, 3.63) is 58.1 Å². The molecule has 0 heterocycles. The molecule has 0 saturated carbocycles. The van der Waals surface area contributed by atoms with Crippen LogP contribution < -0.4 is 10.1 Å². The minimum absolute atomic E-state index is 0.0730. The molecule has 0 saturated heterocycles. The fourth-order valence-electron chi connectivity index (χ4n) is 1.87. The first-order valence-corrected chi connectivity index (χ1v) is 7.66. The molecule has 0 radical (unpaired) electrons. The summed E-state index contributed by atoms with van der Waals surface area (Å²) in [5.41, 5.74) is 1.05. The van der Waals surface area contributed by atoms with Crippen LogP contribution in [0.4, 0.5) is 5.69 Å². The van der Waals surface area contributed by atoms with Crippen molar-refractivity contribution < 1.29 is 14.3 Å². The third-order valence-electron chi connectivity index (χ3n) is 3.10. The van der Waals surface area contributed by atoms with E-state index in [2.05, 4.69) is 5.32 Å². The summed E-state index contributed by atoms with van der Waals surface area (Å²) < 4.78 is 5.54. The molecule has 4 nitrogen and oxygen atoms in total. The average molecular weight is 352 g/mol. The molecule has 0 aliphatic heterocycles. The van der Waals surface area contributed by atoms with Crippen LogP contribution in [-0.4, -0.2) is 17.8 Å². The summed E-state index contributed by atoms with van der Waals surface area (Å²) in [6.07, 6.45) is -0.785. The van der Waals surface area contributed by atoms with Gasteiger partial charge in [0.2, 0.25) is 0 Å². The van der Waals surface area contributed by atoms with Gasteiger partial charge in [-0.3, -0.25) is 9.59 Å². The Hall–Kier alpha value is -2.04. The number of benzene rings is 2. The fourth-order valence-corrected chi connectivity index (χ4v) is 2.20. The number of hydrogen-bond acceptors (Lipinski definition) is 3. The van der Waals surface area contributed by atoms with E-state index in [1.54, 1.807) is 49.4 Å². The van der Waals surface area contributed by atoms with Crippen LogP contribution in [0, 0.1) is 0 Å². The molecule has 2 aromatic carbocycles. The zero-order valence-electron chi connectivity index (χ0n) is 12.6. The van der Waals surface area contributed by atoms with E-state index in [4.69, 9.17) is 27.9 Å². The van der Waals surface area contributed by atoms with E-state index in [1.807, 2.05) is 0 Å². The van der Waals surface area contributed by atoms with Crippen molar-refractivity contribution in [2.45, 2.75) is 20.0 Å². The molecule has 0 aliphatic rings. The number of rotatable bonds is 5. The molecule has 23 heavy (non-hydrogen) atoms. The van der Waals surface area contributed by atoms with Crippen molar-refractivity contribution in [3.63, 3.8) is 0 Å². The maximum atomic E-state index is 12.2. The molecule has 1 N–H and O–H groups in total. The van der Waals surface area contributed by atoms with Gasteiger partial charge in [-0.05, 0) is 38.1 Å². The molecule has 0 unspecified atom stereocenters. The van der Waals surface area contributed by atoms with Gasteiger partial charge in [0.05, 0.1) is 5.02 Å². The van der Waals surface area contributed by atoms with Crippen molar-refractivity contribution in [1.29, 1.82) is 0 Å². The number of amides is 1. The maximum Gasteiger partial charge on any atom is 0.265 e. The van der Waals surface area contributed by atoms with Crippen LogP contribution in [0.25, 0.3) is 0 Å². The Labute approximate surface area is 144 Å². The lowest BCUT2D eigenvalue weighted by Crippen LogP contribution is -2.30. The summed E-state index contributed by atoms with van der Waals surface area (Å²) in [5, 5.41) is 3.53. The molecule has 0 spiro atoms. The first-order chi connectivity index (χ1) is 10.9. The van der Waals surface area contributed by atoms with Gasteiger partial charge in [-0.1, -0.05) is 35.3 Å². The SMILES string of the molecule is CC(=O)c1cccc(NC(=O)[C@H](C)Oc2cc(Cl)ccc2Cl)c1. The first kappa shape index (κ1) is 17.3. The van der Waals surface area contributed by atoms with Gasteiger partial charge in [0.25, 0.3) is 5.91 Å². The monoisotopic (exact) mass is 351 g/mol. The van der Waals surface area contributed by atoms with E-state index >= 15 is 0 Å². The lowest BCUT2D eigenvalue weighted by molar-refractivity contribution is -0.122. The van der Waals surface area contributed by atoms with Gasteiger partial charge < -0.3 is 10.1 Å². The van der Waals surface area contributed by atoms with Gasteiger partial charge in [0, 0.05) is 22.3 Å². The zero-order valence-corrected chi connectivity index (χ0v) is 14.1. The van der Waals surface area contributed by atoms with Gasteiger partial charge in [0.1, 0.15) is 5.75 Å². The Bertz CT molecular complexity index is 746. The van der Waals surface area contributed by atoms with E-state index in [0.717, 1.165) is 0 Å². The molecule has 1 amide bonds. The van der Waals surface area contributed by atoms with Gasteiger partial charge >= 0.3 is 0 Å². The van der Waals surface area contributed by atoms with Crippen LogP contribution in [0.3, 0.4) is 0 Å². The molecule has 2 rings (SSSR count). The van der Waals surface area contributed by atoms with Crippen LogP contribution >= 0.6 is 23.2 Å². The Morgan fingerprint density at radius 2 is 1.87 bits per heavy atom. The lowest BCUT2D eigenvalue weighted by atomic mass is 10.1. The summed E-state index contributed by atoms with van der Waals surface area (Å²) in [6, 6.07) is 11.5. The Balaban J connectivity index is 2.07. The normalized spacial score (nSPS) is 11.7. The van der Waals surface area contributed by atoms with Crippen molar-refractivity contribution in [3.8, 4) is 5.75 Å². The second kappa shape index (κ2) is 7.49. The molecular weight excluding hydrogens is 337 g/mol. The van der Waals surface area contributed by atoms with Gasteiger partial charge in [-0.2, -0.15) is 0 Å². The summed E-state index contributed by atoms with van der Waals surface area (Å²) in [6.45, 7) is 3.06. The van der Waals surface area contributed by atoms with E-state index < -0.39 is 6.10 Å². The van der Waals surface area contributed by atoms with Crippen LogP contribution in [0.5, 0.6) is 5.75 Å². The number of carbonyl (C=O) groups excluding carboxylic acids is 2. The molecule has 2 aromatic rings. The highest BCUT2D eigenvalue weighted by atomic mass is 35.5. The number of Topliss-reactive ketones (excluding diaryl/α,β-unsaturated/α-hetero) is 1. The predicted molar refractivity (Wildman–Crippen MR) is 91.6 cm³/mol. The largest absolute Gasteiger partial charge is 0.479 e. The minimum Gasteiger partial charge on any atom is -0.479 e. The van der Waals surface area contributed by atoms with E-state index in [1.165, 1.54) is 6.92 Å². The smallest absolute Gasteiger partial charge is 0.265 e. The number of anilines is 1. The third-order valence-corrected chi connectivity index (χ3v) is 3.65. The van der Waals surface area contributed by atoms with Crippen LogP contribution in [-0.2, 0) is 4.79 Å². The average Bonchev–Trinajstić information content (AvgIpc) is 2.51. The fraction of sp³-hybridized carbons (Fsp3) is 0.176. The Morgan fingerprint density at radius 1 is 1.13 bits per heavy atom. The summed E-state index contributed by atoms with van der Waals surface area (Å²) in [4.78, 5) is 23.6. The first-order valence-electron chi connectivity index (χ1n) is 6.90. The Kier molecular flexibility index (Phi) is 5.64. The van der Waals surface area contributed by atoms with Gasteiger partial charge in [-0.25, -0.2) is 0 Å². The minimum atomic E-state index is -0.785.